The molecule has 0 aliphatic carbocycles. The van der Waals surface area contributed by atoms with Crippen LogP contribution < -0.4 is 4.74 Å². The molecule has 0 unspecified atom stereocenters. The van der Waals surface area contributed by atoms with E-state index in [0.717, 1.165) is 17.8 Å². The fourth-order valence-electron chi connectivity index (χ4n) is 0.679. The number of methoxy groups -OCH3 is 1. The van der Waals surface area contributed by atoms with Crippen LogP contribution in [0.2, 0.25) is 0 Å². The Labute approximate surface area is 98.6 Å². The molecule has 1 aromatic rings. The molecule has 0 aliphatic heterocycles. The molecule has 0 bridgehead atoms. The summed E-state index contributed by atoms with van der Waals surface area (Å²) in [5.41, 5.74) is 0. The SMILES string of the molecule is COc1ccc(S)c(I)c1I. The van der Waals surface area contributed by atoms with E-state index < -0.39 is 0 Å². The van der Waals surface area contributed by atoms with Gasteiger partial charge in [-0.2, -0.15) is 0 Å². The second-order valence-electron chi connectivity index (χ2n) is 1.91. The number of ether oxygens (including phenoxy) is 1. The topological polar surface area (TPSA) is 9.23 Å². The molecule has 1 rings (SSSR count). The number of hydrogen-bond acceptors (Lipinski definition) is 2. The van der Waals surface area contributed by atoms with E-state index in [1.54, 1.807) is 7.11 Å². The molecule has 1 aromatic carbocycles. The lowest BCUT2D eigenvalue weighted by Gasteiger charge is -2.05. The first-order valence-corrected chi connectivity index (χ1v) is 5.48. The van der Waals surface area contributed by atoms with Gasteiger partial charge in [-0.05, 0) is 57.3 Å². The van der Waals surface area contributed by atoms with Crippen LogP contribution in [0.4, 0.5) is 0 Å². The third kappa shape index (κ3) is 2.15. The highest BCUT2D eigenvalue weighted by atomic mass is 127. The molecule has 0 fully saturated rings. The van der Waals surface area contributed by atoms with Crippen molar-refractivity contribution in [2.24, 2.45) is 0 Å². The Morgan fingerprint density at radius 3 is 2.45 bits per heavy atom. The Morgan fingerprint density at radius 1 is 1.27 bits per heavy atom. The van der Waals surface area contributed by atoms with Gasteiger partial charge in [0, 0.05) is 8.47 Å². The van der Waals surface area contributed by atoms with Gasteiger partial charge in [0.2, 0.25) is 0 Å². The van der Waals surface area contributed by atoms with Crippen LogP contribution in [0.25, 0.3) is 0 Å². The lowest BCUT2D eigenvalue weighted by atomic mass is 10.3. The highest BCUT2D eigenvalue weighted by Gasteiger charge is 2.05. The van der Waals surface area contributed by atoms with E-state index in [4.69, 9.17) is 4.74 Å². The average molecular weight is 392 g/mol. The molecule has 0 radical (unpaired) electrons. The second-order valence-corrected chi connectivity index (χ2v) is 4.55. The number of halogens is 2. The smallest absolute Gasteiger partial charge is 0.133 e. The predicted octanol–water partition coefficient (Wildman–Crippen LogP) is 3.19. The van der Waals surface area contributed by atoms with Gasteiger partial charge in [-0.15, -0.1) is 12.6 Å². The summed E-state index contributed by atoms with van der Waals surface area (Å²) in [6, 6.07) is 3.86. The van der Waals surface area contributed by atoms with Crippen LogP contribution >= 0.6 is 57.8 Å². The van der Waals surface area contributed by atoms with E-state index in [9.17, 15) is 0 Å². The number of thiol groups is 1. The third-order valence-corrected chi connectivity index (χ3v) is 5.27. The van der Waals surface area contributed by atoms with Crippen LogP contribution in [-0.2, 0) is 0 Å². The molecule has 0 saturated carbocycles. The fraction of sp³-hybridized carbons (Fsp3) is 0.143. The minimum absolute atomic E-state index is 0.910. The second kappa shape index (κ2) is 4.18. The number of hydrogen-bond donors (Lipinski definition) is 1. The first-order valence-electron chi connectivity index (χ1n) is 2.87. The van der Waals surface area contributed by atoms with Crippen LogP contribution in [0, 0.1) is 7.14 Å². The molecular formula is C7H6I2OS. The van der Waals surface area contributed by atoms with Gasteiger partial charge in [-0.1, -0.05) is 0 Å². The first-order chi connectivity index (χ1) is 5.16. The molecular weight excluding hydrogens is 386 g/mol. The molecule has 0 spiro atoms. The van der Waals surface area contributed by atoms with Gasteiger partial charge < -0.3 is 4.74 Å². The average Bonchev–Trinajstić information content (AvgIpc) is 2.01. The van der Waals surface area contributed by atoms with Crippen molar-refractivity contribution in [2.75, 3.05) is 7.11 Å². The Hall–Kier alpha value is 0.830. The molecule has 0 N–H and O–H groups in total. The van der Waals surface area contributed by atoms with Crippen LogP contribution in [0.1, 0.15) is 0 Å². The van der Waals surface area contributed by atoms with Gasteiger partial charge >= 0.3 is 0 Å². The minimum atomic E-state index is 0.910. The molecule has 0 aliphatic rings. The zero-order valence-corrected chi connectivity index (χ0v) is 11.0. The predicted molar refractivity (Wildman–Crippen MR) is 65.7 cm³/mol. The molecule has 0 atom stereocenters. The molecule has 0 amide bonds. The van der Waals surface area contributed by atoms with Crippen molar-refractivity contribution in [3.05, 3.63) is 19.3 Å². The molecule has 11 heavy (non-hydrogen) atoms. The summed E-state index contributed by atoms with van der Waals surface area (Å²) in [6.45, 7) is 0. The van der Waals surface area contributed by atoms with Crippen molar-refractivity contribution in [2.45, 2.75) is 4.90 Å². The van der Waals surface area contributed by atoms with Crippen molar-refractivity contribution >= 4 is 57.8 Å². The van der Waals surface area contributed by atoms with Gasteiger partial charge in [-0.25, -0.2) is 0 Å². The van der Waals surface area contributed by atoms with E-state index in [-0.39, 0.29) is 0 Å². The van der Waals surface area contributed by atoms with E-state index in [1.165, 1.54) is 0 Å². The standard InChI is InChI=1S/C7H6I2OS/c1-10-4-2-3-5(11)7(9)6(4)8/h2-3,11H,1H3. The lowest BCUT2D eigenvalue weighted by Crippen LogP contribution is -1.89. The van der Waals surface area contributed by atoms with Gasteiger partial charge in [0.1, 0.15) is 5.75 Å². The Kier molecular flexibility index (Phi) is 3.76. The highest BCUT2D eigenvalue weighted by Crippen LogP contribution is 2.29. The Bertz CT molecular complexity index is 275. The minimum Gasteiger partial charge on any atom is -0.496 e. The van der Waals surface area contributed by atoms with Gasteiger partial charge in [0.05, 0.1) is 10.7 Å². The van der Waals surface area contributed by atoms with E-state index in [1.807, 2.05) is 12.1 Å². The maximum Gasteiger partial charge on any atom is 0.133 e. The van der Waals surface area contributed by atoms with Crippen LogP contribution in [0.5, 0.6) is 5.75 Å². The molecule has 1 nitrogen and oxygen atoms in total. The van der Waals surface area contributed by atoms with Crippen LogP contribution in [0.15, 0.2) is 17.0 Å². The normalized spacial score (nSPS) is 9.82. The highest BCUT2D eigenvalue weighted by molar-refractivity contribution is 14.1. The van der Waals surface area contributed by atoms with E-state index in [0.29, 0.717) is 0 Å². The fourth-order valence-corrected chi connectivity index (χ4v) is 2.22. The maximum absolute atomic E-state index is 5.13. The first kappa shape index (κ1) is 9.91. The summed E-state index contributed by atoms with van der Waals surface area (Å²) in [7, 11) is 1.67. The summed E-state index contributed by atoms with van der Waals surface area (Å²) < 4.78 is 7.40. The number of benzene rings is 1. The third-order valence-electron chi connectivity index (χ3n) is 1.25. The van der Waals surface area contributed by atoms with E-state index >= 15 is 0 Å². The lowest BCUT2D eigenvalue weighted by molar-refractivity contribution is 0.411. The monoisotopic (exact) mass is 392 g/mol. The summed E-state index contributed by atoms with van der Waals surface area (Å²) >= 11 is 8.79. The van der Waals surface area contributed by atoms with Crippen molar-refractivity contribution < 1.29 is 4.74 Å². The molecule has 60 valence electrons. The molecule has 0 saturated heterocycles. The summed E-state index contributed by atoms with van der Waals surface area (Å²) in [5.74, 6) is 0.910. The molecule has 4 heteroatoms. The van der Waals surface area contributed by atoms with E-state index in [2.05, 4.69) is 57.8 Å². The van der Waals surface area contributed by atoms with Crippen LogP contribution in [0.3, 0.4) is 0 Å². The van der Waals surface area contributed by atoms with Crippen molar-refractivity contribution in [1.82, 2.24) is 0 Å². The maximum atomic E-state index is 5.13. The largest absolute Gasteiger partial charge is 0.496 e. The Morgan fingerprint density at radius 2 is 1.91 bits per heavy atom. The molecule has 0 aromatic heterocycles. The van der Waals surface area contributed by atoms with Gasteiger partial charge in [0.25, 0.3) is 0 Å². The quantitative estimate of drug-likeness (QED) is 0.571. The zero-order chi connectivity index (χ0) is 8.43. The van der Waals surface area contributed by atoms with Crippen molar-refractivity contribution in [3.8, 4) is 5.75 Å². The van der Waals surface area contributed by atoms with Crippen molar-refractivity contribution in [3.63, 3.8) is 0 Å². The summed E-state index contributed by atoms with van der Waals surface area (Å²) in [6.07, 6.45) is 0. The van der Waals surface area contributed by atoms with Gasteiger partial charge in [-0.3, -0.25) is 0 Å². The number of rotatable bonds is 1. The summed E-state index contributed by atoms with van der Waals surface area (Å²) in [5, 5.41) is 0. The zero-order valence-electron chi connectivity index (χ0n) is 5.77. The molecule has 0 heterocycles. The summed E-state index contributed by atoms with van der Waals surface area (Å²) in [4.78, 5) is 0.996. The Balaban J connectivity index is 3.25. The van der Waals surface area contributed by atoms with Crippen molar-refractivity contribution in [1.29, 1.82) is 0 Å². The van der Waals surface area contributed by atoms with Crippen LogP contribution in [-0.4, -0.2) is 7.11 Å². The van der Waals surface area contributed by atoms with Gasteiger partial charge in [0.15, 0.2) is 0 Å².